The lowest BCUT2D eigenvalue weighted by atomic mass is 10.2. The summed E-state index contributed by atoms with van der Waals surface area (Å²) in [4.78, 5) is 35.8. The molecule has 0 heterocycles. The smallest absolute Gasteiger partial charge is 0.336 e. The highest BCUT2D eigenvalue weighted by Gasteiger charge is 2.13. The van der Waals surface area contributed by atoms with Crippen molar-refractivity contribution in [1.29, 1.82) is 0 Å². The van der Waals surface area contributed by atoms with Gasteiger partial charge in [0.1, 0.15) is 5.75 Å². The van der Waals surface area contributed by atoms with Crippen LogP contribution in [0.3, 0.4) is 0 Å². The maximum atomic E-state index is 11.9. The van der Waals surface area contributed by atoms with E-state index in [9.17, 15) is 14.4 Å². The minimum absolute atomic E-state index is 0.357. The fourth-order valence-electron chi connectivity index (χ4n) is 2.58. The fourth-order valence-corrected chi connectivity index (χ4v) is 2.76. The number of nitrogens with zero attached hydrogens (tertiary/aromatic N) is 1. The zero-order chi connectivity index (χ0) is 23.6. The van der Waals surface area contributed by atoms with Gasteiger partial charge in [-0.25, -0.2) is 10.2 Å². The molecule has 0 bridgehead atoms. The number of nitrogens with one attached hydrogen (secondary N) is 2. The molecule has 3 rings (SSSR count). The first kappa shape index (κ1) is 23.4. The van der Waals surface area contributed by atoms with Gasteiger partial charge >= 0.3 is 17.8 Å². The number of benzene rings is 3. The predicted octanol–water partition coefficient (Wildman–Crippen LogP) is 4.36. The molecule has 2 amide bonds. The summed E-state index contributed by atoms with van der Waals surface area (Å²) < 4.78 is 5.24. The Labute approximate surface area is 195 Å². The lowest BCUT2D eigenvalue weighted by molar-refractivity contribution is -0.136. The first-order valence-corrected chi connectivity index (χ1v) is 10.2. The van der Waals surface area contributed by atoms with Crippen molar-refractivity contribution in [2.45, 2.75) is 6.92 Å². The van der Waals surface area contributed by atoms with Crippen LogP contribution in [0.25, 0.3) is 6.08 Å². The molecule has 0 aliphatic carbocycles. The summed E-state index contributed by atoms with van der Waals surface area (Å²) in [5.74, 6) is -1.96. The molecular formula is C25H20ClN3O4. The lowest BCUT2D eigenvalue weighted by Gasteiger charge is -2.05. The van der Waals surface area contributed by atoms with Crippen LogP contribution in [-0.4, -0.2) is 24.0 Å². The Morgan fingerprint density at radius 2 is 1.64 bits per heavy atom. The number of hydrogen-bond donors (Lipinski definition) is 2. The number of carbonyl (C=O) groups excluding carboxylic acids is 3. The first-order valence-electron chi connectivity index (χ1n) is 9.86. The Balaban J connectivity index is 1.47. The van der Waals surface area contributed by atoms with Crippen LogP contribution < -0.4 is 15.5 Å². The molecule has 0 radical (unpaired) electrons. The second-order valence-electron chi connectivity index (χ2n) is 6.85. The average Bonchev–Trinajstić information content (AvgIpc) is 2.82. The number of rotatable bonds is 6. The third-order valence-electron chi connectivity index (χ3n) is 4.33. The molecule has 0 fully saturated rings. The number of ether oxygens (including phenoxy) is 1. The maximum Gasteiger partial charge on any atom is 0.336 e. The number of amides is 2. The molecular weight excluding hydrogens is 442 g/mol. The number of aryl methyl sites for hydroxylation is 1. The van der Waals surface area contributed by atoms with Crippen LogP contribution in [0.4, 0.5) is 5.69 Å². The van der Waals surface area contributed by atoms with Crippen molar-refractivity contribution >= 4 is 47.4 Å². The van der Waals surface area contributed by atoms with E-state index in [0.29, 0.717) is 22.0 Å². The molecule has 0 atom stereocenters. The van der Waals surface area contributed by atoms with E-state index in [2.05, 4.69) is 15.8 Å². The highest BCUT2D eigenvalue weighted by atomic mass is 35.5. The highest BCUT2D eigenvalue weighted by molar-refractivity contribution is 6.39. The van der Waals surface area contributed by atoms with E-state index in [1.807, 2.05) is 37.3 Å². The topological polar surface area (TPSA) is 96.9 Å². The van der Waals surface area contributed by atoms with E-state index >= 15 is 0 Å². The van der Waals surface area contributed by atoms with Crippen molar-refractivity contribution in [3.05, 3.63) is 101 Å². The summed E-state index contributed by atoms with van der Waals surface area (Å²) in [6.07, 6.45) is 4.36. The van der Waals surface area contributed by atoms with Gasteiger partial charge in [-0.3, -0.25) is 9.59 Å². The molecule has 33 heavy (non-hydrogen) atoms. The monoisotopic (exact) mass is 461 g/mol. The number of halogens is 1. The van der Waals surface area contributed by atoms with E-state index in [4.69, 9.17) is 16.3 Å². The Kier molecular flexibility index (Phi) is 8.10. The second-order valence-corrected chi connectivity index (χ2v) is 7.26. The minimum atomic E-state index is -0.932. The summed E-state index contributed by atoms with van der Waals surface area (Å²) in [5.41, 5.74) is 4.92. The predicted molar refractivity (Wildman–Crippen MR) is 128 cm³/mol. The normalized spacial score (nSPS) is 10.8. The molecule has 0 aliphatic heterocycles. The van der Waals surface area contributed by atoms with Crippen LogP contribution in [0.15, 0.2) is 84.0 Å². The third-order valence-corrected chi connectivity index (χ3v) is 4.73. The summed E-state index contributed by atoms with van der Waals surface area (Å²) in [7, 11) is 0. The van der Waals surface area contributed by atoms with Crippen molar-refractivity contribution < 1.29 is 19.1 Å². The Morgan fingerprint density at radius 1 is 0.909 bits per heavy atom. The van der Waals surface area contributed by atoms with Crippen LogP contribution in [-0.2, 0) is 14.4 Å². The second kappa shape index (κ2) is 11.4. The van der Waals surface area contributed by atoms with Gasteiger partial charge in [-0.1, -0.05) is 48.0 Å². The van der Waals surface area contributed by atoms with E-state index < -0.39 is 17.8 Å². The van der Waals surface area contributed by atoms with Crippen molar-refractivity contribution in [3.8, 4) is 5.75 Å². The number of hydrogen-bond acceptors (Lipinski definition) is 5. The van der Waals surface area contributed by atoms with Crippen molar-refractivity contribution in [2.24, 2.45) is 5.10 Å². The Bertz CT molecular complexity index is 1210. The van der Waals surface area contributed by atoms with Gasteiger partial charge < -0.3 is 10.1 Å². The molecule has 3 aromatic carbocycles. The zero-order valence-corrected chi connectivity index (χ0v) is 18.4. The van der Waals surface area contributed by atoms with Crippen molar-refractivity contribution in [3.63, 3.8) is 0 Å². The van der Waals surface area contributed by atoms with Crippen molar-refractivity contribution in [1.82, 2.24) is 5.43 Å². The van der Waals surface area contributed by atoms with Gasteiger partial charge in [0, 0.05) is 16.8 Å². The highest BCUT2D eigenvalue weighted by Crippen LogP contribution is 2.19. The van der Waals surface area contributed by atoms with Gasteiger partial charge in [-0.15, -0.1) is 0 Å². The van der Waals surface area contributed by atoms with E-state index in [-0.39, 0.29) is 0 Å². The lowest BCUT2D eigenvalue weighted by Crippen LogP contribution is -2.32. The molecule has 3 aromatic rings. The van der Waals surface area contributed by atoms with Crippen LogP contribution in [0.2, 0.25) is 5.02 Å². The summed E-state index contributed by atoms with van der Waals surface area (Å²) >= 11 is 6.00. The van der Waals surface area contributed by atoms with Gasteiger partial charge in [0.05, 0.1) is 6.21 Å². The van der Waals surface area contributed by atoms with E-state index in [0.717, 1.165) is 11.1 Å². The maximum absolute atomic E-state index is 11.9. The van der Waals surface area contributed by atoms with Crippen LogP contribution in [0.1, 0.15) is 16.7 Å². The molecule has 8 heteroatoms. The molecule has 0 unspecified atom stereocenters. The first-order chi connectivity index (χ1) is 15.9. The summed E-state index contributed by atoms with van der Waals surface area (Å²) in [6.45, 7) is 1.83. The molecule has 2 N–H and O–H groups in total. The minimum Gasteiger partial charge on any atom is -0.423 e. The largest absolute Gasteiger partial charge is 0.423 e. The fraction of sp³-hybridized carbons (Fsp3) is 0.0400. The van der Waals surface area contributed by atoms with Gasteiger partial charge in [0.25, 0.3) is 0 Å². The average molecular weight is 462 g/mol. The standard InChI is InChI=1S/C25H20ClN3O4/c1-17-7-11-20(15-22(17)26)28-24(31)25(32)29-27-16-19-8-12-21(13-9-19)33-23(30)14-10-18-5-3-2-4-6-18/h2-16H,1H3,(H,28,31)(H,29,32)/b14-10+,27-16+. The van der Waals surface area contributed by atoms with Crippen molar-refractivity contribution in [2.75, 3.05) is 5.32 Å². The Hall–Kier alpha value is -4.23. The van der Waals surface area contributed by atoms with E-state index in [1.54, 1.807) is 48.5 Å². The Morgan fingerprint density at radius 3 is 2.33 bits per heavy atom. The van der Waals surface area contributed by atoms with Gasteiger partial charge in [0.2, 0.25) is 0 Å². The number of carbonyl (C=O) groups is 3. The molecule has 0 aromatic heterocycles. The summed E-state index contributed by atoms with van der Waals surface area (Å²) in [5, 5.41) is 6.68. The number of esters is 1. The number of hydrazone groups is 1. The van der Waals surface area contributed by atoms with Crippen LogP contribution >= 0.6 is 11.6 Å². The zero-order valence-electron chi connectivity index (χ0n) is 17.6. The van der Waals surface area contributed by atoms with E-state index in [1.165, 1.54) is 12.3 Å². The summed E-state index contributed by atoms with van der Waals surface area (Å²) in [6, 6.07) is 20.8. The SMILES string of the molecule is Cc1ccc(NC(=O)C(=O)N/N=C/c2ccc(OC(=O)/C=C/c3ccccc3)cc2)cc1Cl. The van der Waals surface area contributed by atoms with Crippen LogP contribution in [0.5, 0.6) is 5.75 Å². The molecule has 0 saturated carbocycles. The molecule has 0 saturated heterocycles. The molecule has 166 valence electrons. The van der Waals surface area contributed by atoms with Gasteiger partial charge in [-0.05, 0) is 66.1 Å². The number of anilines is 1. The molecule has 0 spiro atoms. The molecule has 7 nitrogen and oxygen atoms in total. The third kappa shape index (κ3) is 7.45. The van der Waals surface area contributed by atoms with Crippen LogP contribution in [0, 0.1) is 6.92 Å². The van der Waals surface area contributed by atoms with Gasteiger partial charge in [0.15, 0.2) is 0 Å². The molecule has 0 aliphatic rings. The quantitative estimate of drug-likeness (QED) is 0.142. The van der Waals surface area contributed by atoms with Gasteiger partial charge in [-0.2, -0.15) is 5.10 Å².